The van der Waals surface area contributed by atoms with E-state index in [2.05, 4.69) is 0 Å². The van der Waals surface area contributed by atoms with Gasteiger partial charge in [0.15, 0.2) is 0 Å². The van der Waals surface area contributed by atoms with Gasteiger partial charge in [-0.3, -0.25) is 0 Å². The molecule has 0 aliphatic carbocycles. The molecule has 1 N–H and O–H groups in total. The van der Waals surface area contributed by atoms with Crippen LogP contribution in [-0.2, 0) is 0 Å². The molecule has 2 nitrogen and oxygen atoms in total. The molecule has 0 aliphatic heterocycles. The van der Waals surface area contributed by atoms with Crippen LogP contribution in [0.4, 0.5) is 8.78 Å². The summed E-state index contributed by atoms with van der Waals surface area (Å²) in [5.41, 5.74) is -1.84. The van der Waals surface area contributed by atoms with Crippen molar-refractivity contribution in [2.24, 2.45) is 0 Å². The van der Waals surface area contributed by atoms with E-state index in [4.69, 9.17) is 0 Å². The molecule has 1 atom stereocenters. The predicted octanol–water partition coefficient (Wildman–Crippen LogP) is 1.98. The smallest absolute Gasteiger partial charge is 0.268 e. The Balaban J connectivity index is 0. The lowest BCUT2D eigenvalue weighted by atomic mass is 10.0. The Hall–Kier alpha value is -0.220. The van der Waals surface area contributed by atoms with Gasteiger partial charge < -0.3 is 10.0 Å². The summed E-state index contributed by atoms with van der Waals surface area (Å²) < 4.78 is 24.3. The standard InChI is InChI=1S/C7H15F2NO.C2H6/c1-4-7(11,6(8)9)5-10(2)3;1-2/h6,11H,4-5H2,1-3H3;1-2H3. The van der Waals surface area contributed by atoms with E-state index in [1.165, 1.54) is 0 Å². The average Bonchev–Trinajstić information content (AvgIpc) is 2.06. The van der Waals surface area contributed by atoms with Crippen molar-refractivity contribution in [3.05, 3.63) is 0 Å². The van der Waals surface area contributed by atoms with E-state index in [0.29, 0.717) is 0 Å². The highest BCUT2D eigenvalue weighted by Gasteiger charge is 2.35. The molecular weight excluding hydrogens is 176 g/mol. The van der Waals surface area contributed by atoms with E-state index in [1.807, 2.05) is 13.8 Å². The number of hydrogen-bond acceptors (Lipinski definition) is 2. The van der Waals surface area contributed by atoms with Crippen molar-refractivity contribution < 1.29 is 13.9 Å². The highest BCUT2D eigenvalue weighted by atomic mass is 19.3. The molecule has 82 valence electrons. The van der Waals surface area contributed by atoms with E-state index >= 15 is 0 Å². The van der Waals surface area contributed by atoms with Gasteiger partial charge in [-0.2, -0.15) is 0 Å². The average molecular weight is 197 g/mol. The summed E-state index contributed by atoms with van der Waals surface area (Å²) in [6.07, 6.45) is -2.60. The van der Waals surface area contributed by atoms with Crippen LogP contribution < -0.4 is 0 Å². The van der Waals surface area contributed by atoms with Gasteiger partial charge in [0.05, 0.1) is 0 Å². The number of halogens is 2. The first-order chi connectivity index (χ1) is 5.92. The van der Waals surface area contributed by atoms with E-state index < -0.39 is 12.0 Å². The molecule has 0 spiro atoms. The van der Waals surface area contributed by atoms with Gasteiger partial charge in [-0.05, 0) is 20.5 Å². The largest absolute Gasteiger partial charge is 0.383 e. The number of rotatable bonds is 4. The van der Waals surface area contributed by atoms with Crippen LogP contribution in [0.1, 0.15) is 27.2 Å². The molecule has 0 radical (unpaired) electrons. The lowest BCUT2D eigenvalue weighted by Gasteiger charge is -2.28. The molecule has 0 aromatic heterocycles. The van der Waals surface area contributed by atoms with Crippen molar-refractivity contribution in [1.29, 1.82) is 0 Å². The summed E-state index contributed by atoms with van der Waals surface area (Å²) in [5.74, 6) is 0. The van der Waals surface area contributed by atoms with Crippen LogP contribution in [0, 0.1) is 0 Å². The second-order valence-electron chi connectivity index (χ2n) is 3.00. The zero-order valence-electron chi connectivity index (χ0n) is 9.14. The maximum Gasteiger partial charge on any atom is 0.268 e. The highest BCUT2D eigenvalue weighted by Crippen LogP contribution is 2.19. The minimum absolute atomic E-state index is 0.00116. The monoisotopic (exact) mass is 197 g/mol. The van der Waals surface area contributed by atoms with E-state index in [-0.39, 0.29) is 13.0 Å². The Morgan fingerprint density at radius 3 is 1.77 bits per heavy atom. The molecule has 0 aliphatic rings. The predicted molar refractivity (Wildman–Crippen MR) is 51.1 cm³/mol. The maximum absolute atomic E-state index is 12.2. The molecule has 0 fully saturated rings. The van der Waals surface area contributed by atoms with Crippen molar-refractivity contribution in [3.63, 3.8) is 0 Å². The fraction of sp³-hybridized carbons (Fsp3) is 1.00. The van der Waals surface area contributed by atoms with Crippen LogP contribution in [0.25, 0.3) is 0 Å². The molecule has 0 heterocycles. The fourth-order valence-corrected chi connectivity index (χ4v) is 0.883. The lowest BCUT2D eigenvalue weighted by Crippen LogP contribution is -2.45. The summed E-state index contributed by atoms with van der Waals surface area (Å²) in [7, 11) is 3.31. The minimum Gasteiger partial charge on any atom is -0.383 e. The third kappa shape index (κ3) is 5.93. The van der Waals surface area contributed by atoms with Crippen molar-refractivity contribution in [2.75, 3.05) is 20.6 Å². The zero-order valence-corrected chi connectivity index (χ0v) is 9.14. The van der Waals surface area contributed by atoms with Crippen molar-refractivity contribution in [2.45, 2.75) is 39.2 Å². The van der Waals surface area contributed by atoms with Gasteiger partial charge >= 0.3 is 0 Å². The SMILES string of the molecule is CC.CCC(O)(CN(C)C)C(F)F. The Kier molecular flexibility index (Phi) is 8.46. The number of aliphatic hydroxyl groups is 1. The van der Waals surface area contributed by atoms with Gasteiger partial charge in [0.2, 0.25) is 0 Å². The van der Waals surface area contributed by atoms with Gasteiger partial charge in [0.25, 0.3) is 6.43 Å². The first-order valence-corrected chi connectivity index (χ1v) is 4.57. The van der Waals surface area contributed by atoms with Crippen LogP contribution in [0.5, 0.6) is 0 Å². The second kappa shape index (κ2) is 7.21. The summed E-state index contributed by atoms with van der Waals surface area (Å²) in [6, 6.07) is 0. The molecule has 0 bridgehead atoms. The Bertz CT molecular complexity index is 120. The van der Waals surface area contributed by atoms with Crippen LogP contribution in [0.2, 0.25) is 0 Å². The Morgan fingerprint density at radius 1 is 1.31 bits per heavy atom. The topological polar surface area (TPSA) is 23.5 Å². The molecule has 0 saturated carbocycles. The van der Waals surface area contributed by atoms with Crippen LogP contribution in [0.3, 0.4) is 0 Å². The van der Waals surface area contributed by atoms with E-state index in [9.17, 15) is 13.9 Å². The van der Waals surface area contributed by atoms with Crippen molar-refractivity contribution in [3.8, 4) is 0 Å². The Morgan fingerprint density at radius 2 is 1.69 bits per heavy atom. The van der Waals surface area contributed by atoms with Gasteiger partial charge in [-0.25, -0.2) is 8.78 Å². The van der Waals surface area contributed by atoms with Crippen LogP contribution >= 0.6 is 0 Å². The molecule has 0 aromatic carbocycles. The minimum atomic E-state index is -2.67. The number of likely N-dealkylation sites (N-methyl/N-ethyl adjacent to an activating group) is 1. The quantitative estimate of drug-likeness (QED) is 0.745. The van der Waals surface area contributed by atoms with Crippen molar-refractivity contribution in [1.82, 2.24) is 4.90 Å². The molecule has 4 heteroatoms. The summed E-state index contributed by atoms with van der Waals surface area (Å²) >= 11 is 0. The number of alkyl halides is 2. The van der Waals surface area contributed by atoms with Gasteiger partial charge in [0.1, 0.15) is 5.60 Å². The highest BCUT2D eigenvalue weighted by molar-refractivity contribution is 4.81. The van der Waals surface area contributed by atoms with E-state index in [0.717, 1.165) is 0 Å². The van der Waals surface area contributed by atoms with Crippen molar-refractivity contribution >= 4 is 0 Å². The molecule has 0 amide bonds. The zero-order chi connectivity index (χ0) is 11.1. The molecule has 0 aromatic rings. The second-order valence-corrected chi connectivity index (χ2v) is 3.00. The number of nitrogens with zero attached hydrogens (tertiary/aromatic N) is 1. The Labute approximate surface area is 79.5 Å². The summed E-state index contributed by atoms with van der Waals surface area (Å²) in [4.78, 5) is 1.55. The molecule has 1 unspecified atom stereocenters. The summed E-state index contributed by atoms with van der Waals surface area (Å²) in [5, 5.41) is 9.28. The first-order valence-electron chi connectivity index (χ1n) is 4.57. The summed E-state index contributed by atoms with van der Waals surface area (Å²) in [6.45, 7) is 5.55. The molecule has 0 rings (SSSR count). The van der Waals surface area contributed by atoms with Crippen LogP contribution in [0.15, 0.2) is 0 Å². The third-order valence-electron chi connectivity index (χ3n) is 1.61. The fourth-order valence-electron chi connectivity index (χ4n) is 0.883. The van der Waals surface area contributed by atoms with Gasteiger partial charge in [0, 0.05) is 6.54 Å². The number of hydrogen-bond donors (Lipinski definition) is 1. The first kappa shape index (κ1) is 15.3. The van der Waals surface area contributed by atoms with Crippen LogP contribution in [-0.4, -0.2) is 42.7 Å². The lowest BCUT2D eigenvalue weighted by molar-refractivity contribution is -0.108. The third-order valence-corrected chi connectivity index (χ3v) is 1.61. The molecule has 13 heavy (non-hydrogen) atoms. The molecular formula is C9H21F2NO. The molecule has 0 saturated heterocycles. The van der Waals surface area contributed by atoms with Gasteiger partial charge in [-0.15, -0.1) is 0 Å². The normalized spacial score (nSPS) is 15.2. The van der Waals surface area contributed by atoms with E-state index in [1.54, 1.807) is 25.9 Å². The maximum atomic E-state index is 12.2. The van der Waals surface area contributed by atoms with Gasteiger partial charge in [-0.1, -0.05) is 20.8 Å².